The molecule has 1 saturated heterocycles. The first-order valence-corrected chi connectivity index (χ1v) is 9.02. The number of amides is 1. The summed E-state index contributed by atoms with van der Waals surface area (Å²) in [6, 6.07) is 11.5. The average Bonchev–Trinajstić information content (AvgIpc) is 3.31. The number of hydrogen-bond donors (Lipinski definition) is 1. The second-order valence-electron chi connectivity index (χ2n) is 6.65. The second-order valence-corrected chi connectivity index (χ2v) is 6.65. The Morgan fingerprint density at radius 2 is 2.00 bits per heavy atom. The van der Waals surface area contributed by atoms with E-state index in [0.717, 1.165) is 35.9 Å². The van der Waals surface area contributed by atoms with Crippen LogP contribution >= 0.6 is 0 Å². The zero-order chi connectivity index (χ0) is 17.9. The summed E-state index contributed by atoms with van der Waals surface area (Å²) in [4.78, 5) is 14.5. The lowest BCUT2D eigenvalue weighted by molar-refractivity contribution is 0.0954. The van der Waals surface area contributed by atoms with Crippen LogP contribution in [-0.4, -0.2) is 45.4 Å². The van der Waals surface area contributed by atoms with Crippen molar-refractivity contribution in [3.63, 3.8) is 0 Å². The van der Waals surface area contributed by atoms with E-state index in [2.05, 4.69) is 25.5 Å². The van der Waals surface area contributed by atoms with Gasteiger partial charge in [-0.3, -0.25) is 4.79 Å². The molecule has 0 unspecified atom stereocenters. The molecule has 0 spiro atoms. The maximum atomic E-state index is 12.2. The second kappa shape index (κ2) is 7.11. The quantitative estimate of drug-likeness (QED) is 0.762. The Bertz CT molecular complexity index is 929. The molecule has 7 nitrogen and oxygen atoms in total. The molecule has 1 aliphatic rings. The third-order valence-electron chi connectivity index (χ3n) is 4.66. The van der Waals surface area contributed by atoms with Crippen molar-refractivity contribution in [2.24, 2.45) is 0 Å². The summed E-state index contributed by atoms with van der Waals surface area (Å²) in [5.41, 5.74) is 2.47. The molecule has 0 radical (unpaired) electrons. The first-order chi connectivity index (χ1) is 12.7. The van der Waals surface area contributed by atoms with Gasteiger partial charge in [-0.25, -0.2) is 0 Å². The maximum absolute atomic E-state index is 12.2. The largest absolute Gasteiger partial charge is 0.355 e. The van der Waals surface area contributed by atoms with E-state index in [4.69, 9.17) is 0 Å². The van der Waals surface area contributed by atoms with Crippen molar-refractivity contribution >= 4 is 17.4 Å². The van der Waals surface area contributed by atoms with Crippen LogP contribution < -0.4 is 10.2 Å². The van der Waals surface area contributed by atoms with E-state index in [1.165, 1.54) is 12.8 Å². The number of nitrogens with zero attached hydrogens (tertiary/aromatic N) is 5. The molecular weight excluding hydrogens is 328 g/mol. The number of fused-ring (bicyclic) bond motifs is 1. The van der Waals surface area contributed by atoms with Gasteiger partial charge in [0.2, 0.25) is 0 Å². The fourth-order valence-electron chi connectivity index (χ4n) is 3.27. The molecule has 4 rings (SSSR count). The standard InChI is InChI=1S/C19H22N6O/c1-14-5-4-6-15(13-14)19(26)20-10-9-17-22-21-16-7-8-18(23-25(16)17)24-11-2-3-12-24/h4-8,13H,2-3,9-12H2,1H3,(H,20,26). The van der Waals surface area contributed by atoms with Gasteiger partial charge in [0, 0.05) is 31.6 Å². The van der Waals surface area contributed by atoms with E-state index in [1.807, 2.05) is 43.3 Å². The maximum Gasteiger partial charge on any atom is 0.251 e. The predicted molar refractivity (Wildman–Crippen MR) is 99.4 cm³/mol. The smallest absolute Gasteiger partial charge is 0.251 e. The van der Waals surface area contributed by atoms with E-state index >= 15 is 0 Å². The summed E-state index contributed by atoms with van der Waals surface area (Å²) in [5.74, 6) is 1.64. The fourth-order valence-corrected chi connectivity index (χ4v) is 3.27. The Hall–Kier alpha value is -2.96. The van der Waals surface area contributed by atoms with E-state index in [-0.39, 0.29) is 5.91 Å². The molecule has 7 heteroatoms. The molecule has 0 atom stereocenters. The molecule has 0 aliphatic carbocycles. The van der Waals surface area contributed by atoms with Crippen molar-refractivity contribution in [1.82, 2.24) is 25.1 Å². The summed E-state index contributed by atoms with van der Waals surface area (Å²) < 4.78 is 1.78. The van der Waals surface area contributed by atoms with Gasteiger partial charge >= 0.3 is 0 Å². The van der Waals surface area contributed by atoms with Crippen LogP contribution in [0.3, 0.4) is 0 Å². The number of rotatable bonds is 5. The number of hydrogen-bond acceptors (Lipinski definition) is 5. The lowest BCUT2D eigenvalue weighted by Crippen LogP contribution is -2.26. The number of anilines is 1. The van der Waals surface area contributed by atoms with Gasteiger partial charge in [0.25, 0.3) is 5.91 Å². The molecule has 0 bridgehead atoms. The Kier molecular flexibility index (Phi) is 4.51. The van der Waals surface area contributed by atoms with Gasteiger partial charge in [-0.15, -0.1) is 15.3 Å². The van der Waals surface area contributed by atoms with Gasteiger partial charge < -0.3 is 10.2 Å². The Balaban J connectivity index is 1.43. The highest BCUT2D eigenvalue weighted by molar-refractivity contribution is 5.94. The van der Waals surface area contributed by atoms with Crippen molar-refractivity contribution in [2.45, 2.75) is 26.2 Å². The minimum Gasteiger partial charge on any atom is -0.355 e. The molecule has 1 aliphatic heterocycles. The molecule has 134 valence electrons. The third kappa shape index (κ3) is 3.37. The van der Waals surface area contributed by atoms with Crippen LogP contribution in [0.5, 0.6) is 0 Å². The number of aryl methyl sites for hydroxylation is 1. The number of carbonyl (C=O) groups excluding carboxylic acids is 1. The molecule has 1 N–H and O–H groups in total. The Labute approximate surface area is 152 Å². The third-order valence-corrected chi connectivity index (χ3v) is 4.66. The molecular formula is C19H22N6O. The van der Waals surface area contributed by atoms with Crippen molar-refractivity contribution < 1.29 is 4.79 Å². The number of nitrogens with one attached hydrogen (secondary N) is 1. The van der Waals surface area contributed by atoms with Crippen LogP contribution in [0.15, 0.2) is 36.4 Å². The molecule has 26 heavy (non-hydrogen) atoms. The average molecular weight is 350 g/mol. The lowest BCUT2D eigenvalue weighted by Gasteiger charge is -2.15. The van der Waals surface area contributed by atoms with Crippen molar-refractivity contribution in [3.05, 3.63) is 53.3 Å². The van der Waals surface area contributed by atoms with E-state index in [0.29, 0.717) is 18.5 Å². The molecule has 3 aromatic rings. The highest BCUT2D eigenvalue weighted by Gasteiger charge is 2.16. The SMILES string of the molecule is Cc1cccc(C(=O)NCCc2nnc3ccc(N4CCCC4)nn23)c1. The van der Waals surface area contributed by atoms with Crippen molar-refractivity contribution in [3.8, 4) is 0 Å². The van der Waals surface area contributed by atoms with E-state index < -0.39 is 0 Å². The highest BCUT2D eigenvalue weighted by Crippen LogP contribution is 2.18. The van der Waals surface area contributed by atoms with Gasteiger partial charge in [-0.05, 0) is 44.0 Å². The summed E-state index contributed by atoms with van der Waals surface area (Å²) in [7, 11) is 0. The van der Waals surface area contributed by atoms with Crippen LogP contribution in [0.2, 0.25) is 0 Å². The van der Waals surface area contributed by atoms with Crippen LogP contribution in [0, 0.1) is 6.92 Å². The monoisotopic (exact) mass is 350 g/mol. The molecule has 1 amide bonds. The Morgan fingerprint density at radius 1 is 1.15 bits per heavy atom. The molecule has 0 saturated carbocycles. The van der Waals surface area contributed by atoms with Crippen LogP contribution in [-0.2, 0) is 6.42 Å². The fraction of sp³-hybridized carbons (Fsp3) is 0.368. The van der Waals surface area contributed by atoms with Gasteiger partial charge in [0.05, 0.1) is 0 Å². The number of aromatic nitrogens is 4. The topological polar surface area (TPSA) is 75.4 Å². The molecule has 3 heterocycles. The zero-order valence-corrected chi connectivity index (χ0v) is 14.9. The normalized spacial score (nSPS) is 14.1. The van der Waals surface area contributed by atoms with Crippen LogP contribution in [0.25, 0.3) is 5.65 Å². The van der Waals surface area contributed by atoms with Crippen molar-refractivity contribution in [1.29, 1.82) is 0 Å². The summed E-state index contributed by atoms with van der Waals surface area (Å²) in [5, 5.41) is 16.0. The van der Waals surface area contributed by atoms with Gasteiger partial charge in [-0.2, -0.15) is 4.52 Å². The minimum absolute atomic E-state index is 0.0757. The van der Waals surface area contributed by atoms with Gasteiger partial charge in [-0.1, -0.05) is 17.7 Å². The molecule has 1 fully saturated rings. The molecule has 2 aromatic heterocycles. The zero-order valence-electron chi connectivity index (χ0n) is 14.9. The Morgan fingerprint density at radius 3 is 2.81 bits per heavy atom. The van der Waals surface area contributed by atoms with Crippen LogP contribution in [0.4, 0.5) is 5.82 Å². The first kappa shape index (κ1) is 16.5. The molecule has 1 aromatic carbocycles. The van der Waals surface area contributed by atoms with Crippen molar-refractivity contribution in [2.75, 3.05) is 24.5 Å². The van der Waals surface area contributed by atoms with E-state index in [9.17, 15) is 4.79 Å². The number of benzene rings is 1. The highest BCUT2D eigenvalue weighted by atomic mass is 16.1. The minimum atomic E-state index is -0.0757. The van der Waals surface area contributed by atoms with Crippen LogP contribution in [0.1, 0.15) is 34.6 Å². The lowest BCUT2D eigenvalue weighted by atomic mass is 10.1. The summed E-state index contributed by atoms with van der Waals surface area (Å²) in [6.07, 6.45) is 2.99. The van der Waals surface area contributed by atoms with E-state index in [1.54, 1.807) is 4.52 Å². The van der Waals surface area contributed by atoms with Gasteiger partial charge in [0.1, 0.15) is 5.82 Å². The predicted octanol–water partition coefficient (Wildman–Crippen LogP) is 2.01. The summed E-state index contributed by atoms with van der Waals surface area (Å²) >= 11 is 0. The van der Waals surface area contributed by atoms with Gasteiger partial charge in [0.15, 0.2) is 11.5 Å². The first-order valence-electron chi connectivity index (χ1n) is 9.02. The number of carbonyl (C=O) groups is 1. The summed E-state index contributed by atoms with van der Waals surface area (Å²) in [6.45, 7) is 4.55.